The van der Waals surface area contributed by atoms with Gasteiger partial charge in [-0.3, -0.25) is 4.79 Å². The minimum absolute atomic E-state index is 0.211. The average Bonchev–Trinajstić information content (AvgIpc) is 3.40. The molecule has 0 fully saturated rings. The molecule has 0 saturated heterocycles. The van der Waals surface area contributed by atoms with Gasteiger partial charge in [-0.05, 0) is 43.7 Å². The van der Waals surface area contributed by atoms with Crippen LogP contribution >= 0.6 is 11.3 Å². The van der Waals surface area contributed by atoms with Gasteiger partial charge in [-0.25, -0.2) is 14.6 Å². The number of benzene rings is 2. The van der Waals surface area contributed by atoms with E-state index in [1.807, 2.05) is 35.7 Å². The molecule has 0 aliphatic carbocycles. The number of carbonyl (C=O) groups is 3. The second-order valence-electron chi connectivity index (χ2n) is 8.96. The van der Waals surface area contributed by atoms with Crippen LogP contribution in [-0.4, -0.2) is 44.2 Å². The van der Waals surface area contributed by atoms with Crippen molar-refractivity contribution in [1.82, 2.24) is 10.3 Å². The van der Waals surface area contributed by atoms with Gasteiger partial charge in [0.2, 0.25) is 5.91 Å². The molecule has 1 aliphatic heterocycles. The van der Waals surface area contributed by atoms with Gasteiger partial charge in [-0.1, -0.05) is 18.2 Å². The number of rotatable bonds is 8. The van der Waals surface area contributed by atoms with Crippen LogP contribution in [0.3, 0.4) is 0 Å². The van der Waals surface area contributed by atoms with Gasteiger partial charge in [0.05, 0.1) is 49.8 Å². The van der Waals surface area contributed by atoms with Crippen molar-refractivity contribution in [2.24, 2.45) is 0 Å². The Morgan fingerprint density at radius 1 is 0.925 bits per heavy atom. The Balaban J connectivity index is 1.74. The van der Waals surface area contributed by atoms with E-state index in [1.54, 1.807) is 26.0 Å². The van der Waals surface area contributed by atoms with Crippen molar-refractivity contribution in [3.8, 4) is 17.0 Å². The lowest BCUT2D eigenvalue weighted by molar-refractivity contribution is -0.137. The van der Waals surface area contributed by atoms with Crippen molar-refractivity contribution in [2.45, 2.75) is 26.7 Å². The summed E-state index contributed by atoms with van der Waals surface area (Å²) < 4.78 is 15.5. The summed E-state index contributed by atoms with van der Waals surface area (Å²) in [5.41, 5.74) is 5.16. The normalized spacial score (nSPS) is 13.4. The van der Waals surface area contributed by atoms with E-state index >= 15 is 0 Å². The molecule has 3 N–H and O–H groups in total. The number of hydrogen-bond donors (Lipinski definition) is 3. The first-order valence-electron chi connectivity index (χ1n) is 12.3. The van der Waals surface area contributed by atoms with Gasteiger partial charge < -0.3 is 30.2 Å². The summed E-state index contributed by atoms with van der Waals surface area (Å²) in [6.07, 6.45) is 0. The van der Waals surface area contributed by atoms with E-state index in [0.717, 1.165) is 5.56 Å². The molecule has 3 aromatic rings. The van der Waals surface area contributed by atoms with Crippen molar-refractivity contribution in [3.63, 3.8) is 0 Å². The molecule has 0 bridgehead atoms. The Labute approximate surface area is 236 Å². The third-order valence-corrected chi connectivity index (χ3v) is 7.15. The molecule has 1 aliphatic rings. The van der Waals surface area contributed by atoms with E-state index in [-0.39, 0.29) is 5.91 Å². The molecule has 40 heavy (non-hydrogen) atoms. The standard InChI is InChI=1S/C29H30N4O6S/c1-15-24(27(35)38-5)26(25(16(2)30-15)28(36)39-6)19-9-7-8-10-20(19)32-29-33-22(14-40-29)18-11-12-23(37-4)21(13-18)31-17(3)34/h7-14,26,30H,1-6H3,(H,31,34)(H,32,33). The van der Waals surface area contributed by atoms with Crippen LogP contribution in [0.5, 0.6) is 5.75 Å². The lowest BCUT2D eigenvalue weighted by Crippen LogP contribution is -2.32. The molecule has 11 heteroatoms. The van der Waals surface area contributed by atoms with Crippen LogP contribution in [0, 0.1) is 0 Å². The molecular formula is C29H30N4O6S. The number of hydrogen-bond acceptors (Lipinski definition) is 10. The largest absolute Gasteiger partial charge is 0.495 e. The van der Waals surface area contributed by atoms with Gasteiger partial charge >= 0.3 is 11.9 Å². The minimum atomic E-state index is -0.744. The van der Waals surface area contributed by atoms with Crippen molar-refractivity contribution in [3.05, 3.63) is 75.9 Å². The number of allylic oxidation sites excluding steroid dienone is 2. The maximum absolute atomic E-state index is 12.9. The Morgan fingerprint density at radius 2 is 1.57 bits per heavy atom. The molecular weight excluding hydrogens is 532 g/mol. The van der Waals surface area contributed by atoms with Gasteiger partial charge in [0, 0.05) is 34.9 Å². The number of thiazole rings is 1. The smallest absolute Gasteiger partial charge is 0.336 e. The monoisotopic (exact) mass is 562 g/mol. The number of dihydropyridines is 1. The zero-order chi connectivity index (χ0) is 29.0. The third kappa shape index (κ3) is 5.69. The highest BCUT2D eigenvalue weighted by atomic mass is 32.1. The molecule has 2 aromatic carbocycles. The zero-order valence-corrected chi connectivity index (χ0v) is 23.8. The SMILES string of the molecule is COC(=O)C1=C(C)NC(C)=C(C(=O)OC)C1c1ccccc1Nc1nc(-c2ccc(OC)c(NC(C)=O)c2)cs1. The maximum atomic E-state index is 12.9. The molecule has 0 atom stereocenters. The average molecular weight is 563 g/mol. The molecule has 1 amide bonds. The van der Waals surface area contributed by atoms with E-state index in [2.05, 4.69) is 16.0 Å². The fraction of sp³-hybridized carbons (Fsp3) is 0.241. The molecule has 0 spiro atoms. The molecule has 0 unspecified atom stereocenters. The van der Waals surface area contributed by atoms with Crippen LogP contribution in [-0.2, 0) is 23.9 Å². The fourth-order valence-electron chi connectivity index (χ4n) is 4.66. The minimum Gasteiger partial charge on any atom is -0.495 e. The van der Waals surface area contributed by atoms with Crippen molar-refractivity contribution < 1.29 is 28.6 Å². The van der Waals surface area contributed by atoms with Crippen LogP contribution in [0.2, 0.25) is 0 Å². The molecule has 10 nitrogen and oxygen atoms in total. The number of amides is 1. The van der Waals surface area contributed by atoms with E-state index in [1.165, 1.54) is 39.6 Å². The molecule has 2 heterocycles. The summed E-state index contributed by atoms with van der Waals surface area (Å²) in [6, 6.07) is 12.8. The third-order valence-electron chi connectivity index (χ3n) is 6.39. The highest BCUT2D eigenvalue weighted by Crippen LogP contribution is 2.43. The van der Waals surface area contributed by atoms with E-state index < -0.39 is 17.9 Å². The summed E-state index contributed by atoms with van der Waals surface area (Å²) >= 11 is 1.39. The van der Waals surface area contributed by atoms with Crippen LogP contribution in [0.15, 0.2) is 70.4 Å². The number of nitrogens with one attached hydrogen (secondary N) is 3. The van der Waals surface area contributed by atoms with Gasteiger partial charge in [0.1, 0.15) is 5.75 Å². The Bertz CT molecular complexity index is 1500. The van der Waals surface area contributed by atoms with Gasteiger partial charge in [0.25, 0.3) is 0 Å². The number of aromatic nitrogens is 1. The first kappa shape index (κ1) is 28.4. The number of esters is 2. The van der Waals surface area contributed by atoms with E-state index in [0.29, 0.717) is 56.1 Å². The summed E-state index contributed by atoms with van der Waals surface area (Å²) in [4.78, 5) is 42.3. The summed E-state index contributed by atoms with van der Waals surface area (Å²) in [6.45, 7) is 4.97. The van der Waals surface area contributed by atoms with Crippen molar-refractivity contribution >= 4 is 45.7 Å². The molecule has 1 aromatic heterocycles. The fourth-order valence-corrected chi connectivity index (χ4v) is 5.39. The van der Waals surface area contributed by atoms with Crippen LogP contribution in [0.4, 0.5) is 16.5 Å². The number of carbonyl (C=O) groups excluding carboxylic acids is 3. The van der Waals surface area contributed by atoms with Crippen LogP contribution in [0.1, 0.15) is 32.3 Å². The summed E-state index contributed by atoms with van der Waals surface area (Å²) in [5, 5.41) is 11.7. The number of methoxy groups -OCH3 is 3. The molecule has 0 radical (unpaired) electrons. The highest BCUT2D eigenvalue weighted by Gasteiger charge is 2.38. The summed E-state index contributed by atoms with van der Waals surface area (Å²) in [5.74, 6) is -1.52. The predicted octanol–water partition coefficient (Wildman–Crippen LogP) is 5.10. The van der Waals surface area contributed by atoms with Gasteiger partial charge in [-0.2, -0.15) is 0 Å². The van der Waals surface area contributed by atoms with Crippen molar-refractivity contribution in [2.75, 3.05) is 32.0 Å². The topological polar surface area (TPSA) is 128 Å². The van der Waals surface area contributed by atoms with Crippen LogP contribution in [0.25, 0.3) is 11.3 Å². The lowest BCUT2D eigenvalue weighted by atomic mass is 9.79. The number of ether oxygens (including phenoxy) is 3. The van der Waals surface area contributed by atoms with Gasteiger partial charge in [0.15, 0.2) is 5.13 Å². The second-order valence-corrected chi connectivity index (χ2v) is 9.82. The van der Waals surface area contributed by atoms with Crippen molar-refractivity contribution in [1.29, 1.82) is 0 Å². The van der Waals surface area contributed by atoms with Gasteiger partial charge in [-0.15, -0.1) is 11.3 Å². The van der Waals surface area contributed by atoms with E-state index in [4.69, 9.17) is 19.2 Å². The quantitative estimate of drug-likeness (QED) is 0.321. The molecule has 0 saturated carbocycles. The lowest BCUT2D eigenvalue weighted by Gasteiger charge is -2.31. The number of nitrogens with zero attached hydrogens (tertiary/aromatic N) is 1. The number of anilines is 3. The molecule has 4 rings (SSSR count). The zero-order valence-electron chi connectivity index (χ0n) is 23.0. The Kier molecular flexibility index (Phi) is 8.54. The van der Waals surface area contributed by atoms with Crippen LogP contribution < -0.4 is 20.7 Å². The highest BCUT2D eigenvalue weighted by molar-refractivity contribution is 7.14. The second kappa shape index (κ2) is 12.0. The number of para-hydroxylation sites is 1. The predicted molar refractivity (Wildman–Crippen MR) is 153 cm³/mol. The first-order valence-corrected chi connectivity index (χ1v) is 13.2. The first-order chi connectivity index (χ1) is 19.2. The molecule has 208 valence electrons. The Morgan fingerprint density at radius 3 is 2.17 bits per heavy atom. The Hall–Kier alpha value is -4.64. The summed E-state index contributed by atoms with van der Waals surface area (Å²) in [7, 11) is 4.15. The van der Waals surface area contributed by atoms with E-state index in [9.17, 15) is 14.4 Å². The maximum Gasteiger partial charge on any atom is 0.336 e.